The van der Waals surface area contributed by atoms with Crippen LogP contribution in [-0.4, -0.2) is 17.9 Å². The summed E-state index contributed by atoms with van der Waals surface area (Å²) in [5, 5.41) is 1.91. The zero-order valence-electron chi connectivity index (χ0n) is 11.7. The van der Waals surface area contributed by atoms with E-state index in [2.05, 4.69) is 4.98 Å². The maximum atomic E-state index is 12.6. The van der Waals surface area contributed by atoms with Gasteiger partial charge in [0.1, 0.15) is 5.75 Å². The van der Waals surface area contributed by atoms with E-state index >= 15 is 0 Å². The topological polar surface area (TPSA) is 39.2 Å². The zero-order chi connectivity index (χ0) is 14.7. The van der Waals surface area contributed by atoms with E-state index in [-0.39, 0.29) is 5.78 Å². The summed E-state index contributed by atoms with van der Waals surface area (Å²) in [6.45, 7) is 0. The lowest BCUT2D eigenvalue weighted by atomic mass is 9.98. The predicted octanol–water partition coefficient (Wildman–Crippen LogP) is 3.67. The van der Waals surface area contributed by atoms with Gasteiger partial charge in [0.25, 0.3) is 0 Å². The SMILES string of the molecule is COc1ccccc1CC(=O)c1cccc2cnccc12. The summed E-state index contributed by atoms with van der Waals surface area (Å²) >= 11 is 0. The minimum absolute atomic E-state index is 0.0799. The number of methoxy groups -OCH3 is 1. The van der Waals surface area contributed by atoms with Crippen LogP contribution in [0.25, 0.3) is 10.8 Å². The molecule has 21 heavy (non-hydrogen) atoms. The third kappa shape index (κ3) is 2.63. The van der Waals surface area contributed by atoms with Crippen molar-refractivity contribution >= 4 is 16.6 Å². The molecule has 3 rings (SSSR count). The van der Waals surface area contributed by atoms with Gasteiger partial charge >= 0.3 is 0 Å². The molecule has 0 spiro atoms. The standard InChI is InChI=1S/C18H15NO2/c1-21-18-8-3-2-5-13(18)11-17(20)16-7-4-6-14-12-19-10-9-15(14)16/h2-10,12H,11H2,1H3. The van der Waals surface area contributed by atoms with Crippen LogP contribution in [0.15, 0.2) is 60.9 Å². The van der Waals surface area contributed by atoms with Crippen molar-refractivity contribution in [3.8, 4) is 5.75 Å². The third-order valence-corrected chi connectivity index (χ3v) is 3.52. The second kappa shape index (κ2) is 5.75. The summed E-state index contributed by atoms with van der Waals surface area (Å²) < 4.78 is 5.31. The second-order valence-corrected chi connectivity index (χ2v) is 4.81. The summed E-state index contributed by atoms with van der Waals surface area (Å²) in [6.07, 6.45) is 3.81. The van der Waals surface area contributed by atoms with Crippen molar-refractivity contribution in [2.24, 2.45) is 0 Å². The molecule has 0 aliphatic heterocycles. The Morgan fingerprint density at radius 3 is 2.81 bits per heavy atom. The van der Waals surface area contributed by atoms with Crippen molar-refractivity contribution < 1.29 is 9.53 Å². The van der Waals surface area contributed by atoms with E-state index in [1.807, 2.05) is 48.5 Å². The Hall–Kier alpha value is -2.68. The first-order valence-electron chi connectivity index (χ1n) is 6.77. The lowest BCUT2D eigenvalue weighted by Crippen LogP contribution is -2.05. The van der Waals surface area contributed by atoms with Gasteiger partial charge < -0.3 is 4.74 Å². The minimum atomic E-state index is 0.0799. The normalized spacial score (nSPS) is 10.5. The van der Waals surface area contributed by atoms with Crippen molar-refractivity contribution in [2.75, 3.05) is 7.11 Å². The lowest BCUT2D eigenvalue weighted by molar-refractivity contribution is 0.0993. The first-order valence-corrected chi connectivity index (χ1v) is 6.77. The zero-order valence-corrected chi connectivity index (χ0v) is 11.7. The van der Waals surface area contributed by atoms with Gasteiger partial charge in [-0.1, -0.05) is 36.4 Å². The number of hydrogen-bond donors (Lipinski definition) is 0. The molecule has 0 saturated carbocycles. The summed E-state index contributed by atoms with van der Waals surface area (Å²) in [5.41, 5.74) is 1.62. The van der Waals surface area contributed by atoms with Gasteiger partial charge in [0.2, 0.25) is 0 Å². The first-order chi connectivity index (χ1) is 10.3. The summed E-state index contributed by atoms with van der Waals surface area (Å²) in [7, 11) is 1.62. The molecule has 3 nitrogen and oxygen atoms in total. The molecule has 3 heteroatoms. The van der Waals surface area contributed by atoms with E-state index in [0.717, 1.165) is 27.6 Å². The molecule has 0 aliphatic carbocycles. The Kier molecular flexibility index (Phi) is 3.65. The van der Waals surface area contributed by atoms with E-state index in [1.165, 1.54) is 0 Å². The second-order valence-electron chi connectivity index (χ2n) is 4.81. The molecule has 0 fully saturated rings. The molecule has 0 N–H and O–H groups in total. The lowest BCUT2D eigenvalue weighted by Gasteiger charge is -2.09. The number of benzene rings is 2. The number of carbonyl (C=O) groups is 1. The number of ketones is 1. The van der Waals surface area contributed by atoms with Crippen molar-refractivity contribution in [3.05, 3.63) is 72.1 Å². The number of pyridine rings is 1. The Morgan fingerprint density at radius 2 is 1.95 bits per heavy atom. The van der Waals surface area contributed by atoms with Gasteiger partial charge in [0.15, 0.2) is 5.78 Å². The maximum absolute atomic E-state index is 12.6. The smallest absolute Gasteiger partial charge is 0.168 e. The van der Waals surface area contributed by atoms with Crippen molar-refractivity contribution in [2.45, 2.75) is 6.42 Å². The Bertz CT molecular complexity index is 791. The van der Waals surface area contributed by atoms with Crippen molar-refractivity contribution in [3.63, 3.8) is 0 Å². The molecular formula is C18H15NO2. The fourth-order valence-electron chi connectivity index (χ4n) is 2.48. The molecule has 0 saturated heterocycles. The number of ether oxygens (including phenoxy) is 1. The monoisotopic (exact) mass is 277 g/mol. The van der Waals surface area contributed by atoms with Gasteiger partial charge in [-0.15, -0.1) is 0 Å². The highest BCUT2D eigenvalue weighted by Gasteiger charge is 2.13. The van der Waals surface area contributed by atoms with Crippen LogP contribution in [0.2, 0.25) is 0 Å². The van der Waals surface area contributed by atoms with E-state index in [1.54, 1.807) is 19.5 Å². The van der Waals surface area contributed by atoms with Crippen LogP contribution in [0.5, 0.6) is 5.75 Å². The number of carbonyl (C=O) groups excluding carboxylic acids is 1. The molecule has 1 heterocycles. The number of fused-ring (bicyclic) bond motifs is 1. The predicted molar refractivity (Wildman–Crippen MR) is 82.8 cm³/mol. The van der Waals surface area contributed by atoms with Gasteiger partial charge in [0, 0.05) is 35.3 Å². The third-order valence-electron chi connectivity index (χ3n) is 3.52. The highest BCUT2D eigenvalue weighted by atomic mass is 16.5. The molecule has 0 atom stereocenters. The Morgan fingerprint density at radius 1 is 1.10 bits per heavy atom. The maximum Gasteiger partial charge on any atom is 0.168 e. The average molecular weight is 277 g/mol. The van der Waals surface area contributed by atoms with Gasteiger partial charge in [-0.05, 0) is 17.5 Å². The van der Waals surface area contributed by atoms with Crippen LogP contribution >= 0.6 is 0 Å². The molecule has 104 valence electrons. The molecule has 0 unspecified atom stereocenters. The van der Waals surface area contributed by atoms with Crippen molar-refractivity contribution in [1.29, 1.82) is 0 Å². The molecule has 0 bridgehead atoms. The van der Waals surface area contributed by atoms with Gasteiger partial charge in [-0.3, -0.25) is 9.78 Å². The quantitative estimate of drug-likeness (QED) is 0.683. The Labute approximate surface area is 123 Å². The molecule has 3 aromatic rings. The fraction of sp³-hybridized carbons (Fsp3) is 0.111. The van der Waals surface area contributed by atoms with Crippen molar-refractivity contribution in [1.82, 2.24) is 4.98 Å². The van der Waals surface area contributed by atoms with E-state index in [4.69, 9.17) is 4.74 Å². The van der Waals surface area contributed by atoms with Crippen LogP contribution in [-0.2, 0) is 6.42 Å². The van der Waals surface area contributed by atoms with Crippen LogP contribution in [0.3, 0.4) is 0 Å². The Balaban J connectivity index is 1.98. The molecule has 1 aromatic heterocycles. The largest absolute Gasteiger partial charge is 0.496 e. The minimum Gasteiger partial charge on any atom is -0.496 e. The molecule has 2 aromatic carbocycles. The number of nitrogens with zero attached hydrogens (tertiary/aromatic N) is 1. The van der Waals surface area contributed by atoms with Gasteiger partial charge in [-0.2, -0.15) is 0 Å². The van der Waals surface area contributed by atoms with E-state index in [9.17, 15) is 4.79 Å². The van der Waals surface area contributed by atoms with Crippen LogP contribution in [0.1, 0.15) is 15.9 Å². The summed E-state index contributed by atoms with van der Waals surface area (Å²) in [5.74, 6) is 0.823. The number of para-hydroxylation sites is 1. The average Bonchev–Trinajstić information content (AvgIpc) is 2.54. The summed E-state index contributed by atoms with van der Waals surface area (Å²) in [6, 6.07) is 15.2. The molecule has 0 amide bonds. The number of aromatic nitrogens is 1. The van der Waals surface area contributed by atoms with Crippen LogP contribution < -0.4 is 4.74 Å². The van der Waals surface area contributed by atoms with E-state index < -0.39 is 0 Å². The first kappa shape index (κ1) is 13.3. The van der Waals surface area contributed by atoms with Crippen LogP contribution in [0.4, 0.5) is 0 Å². The number of rotatable bonds is 4. The number of Topliss-reactive ketones (excluding diaryl/α,β-unsaturated/α-hetero) is 1. The van der Waals surface area contributed by atoms with Crippen LogP contribution in [0, 0.1) is 0 Å². The highest BCUT2D eigenvalue weighted by molar-refractivity contribution is 6.08. The van der Waals surface area contributed by atoms with Gasteiger partial charge in [0.05, 0.1) is 7.11 Å². The van der Waals surface area contributed by atoms with E-state index in [0.29, 0.717) is 6.42 Å². The molecule has 0 aliphatic rings. The summed E-state index contributed by atoms with van der Waals surface area (Å²) in [4.78, 5) is 16.7. The fourth-order valence-corrected chi connectivity index (χ4v) is 2.48. The highest BCUT2D eigenvalue weighted by Crippen LogP contribution is 2.23. The molecular weight excluding hydrogens is 262 g/mol. The number of hydrogen-bond acceptors (Lipinski definition) is 3. The van der Waals surface area contributed by atoms with Gasteiger partial charge in [-0.25, -0.2) is 0 Å². The molecule has 0 radical (unpaired) electrons.